The first kappa shape index (κ1) is 81.3. The number of hydrogen-bond acceptors (Lipinski definition) is 25. The molecular formula is C75H100N10O21. The molecule has 31 nitrogen and oxygen atoms in total. The summed E-state index contributed by atoms with van der Waals surface area (Å²) >= 11 is 0. The molecule has 106 heavy (non-hydrogen) atoms. The summed E-state index contributed by atoms with van der Waals surface area (Å²) in [5.41, 5.74) is 10.2. The van der Waals surface area contributed by atoms with Gasteiger partial charge in [0.1, 0.15) is 43.3 Å². The maximum atomic E-state index is 14.2. The van der Waals surface area contributed by atoms with E-state index in [1.807, 2.05) is 6.92 Å². The van der Waals surface area contributed by atoms with E-state index >= 15 is 0 Å². The van der Waals surface area contributed by atoms with E-state index in [0.29, 0.717) is 202 Å². The third-order valence-corrected chi connectivity index (χ3v) is 19.0. The van der Waals surface area contributed by atoms with Crippen LogP contribution in [0.5, 0.6) is 5.75 Å². The maximum absolute atomic E-state index is 14.2. The third-order valence-electron chi connectivity index (χ3n) is 19.0. The van der Waals surface area contributed by atoms with Gasteiger partial charge >= 0.3 is 11.9 Å². The number of nitrogens with zero attached hydrogens (tertiary/aromatic N) is 6. The second-order valence-corrected chi connectivity index (χ2v) is 26.3. The first-order valence-electron chi connectivity index (χ1n) is 36.6. The number of rotatable bonds is 50. The molecule has 0 spiro atoms. The quantitative estimate of drug-likeness (QED) is 0.0208. The normalized spacial score (nSPS) is 16.9. The Labute approximate surface area is 615 Å². The van der Waals surface area contributed by atoms with Crippen molar-refractivity contribution in [3.63, 3.8) is 0 Å². The molecule has 1 saturated carbocycles. The largest absolute Gasteiger partial charge is 0.508 e. The second-order valence-electron chi connectivity index (χ2n) is 26.3. The number of ether oxygens (including phenoxy) is 11. The van der Waals surface area contributed by atoms with Crippen LogP contribution in [0.2, 0.25) is 0 Å². The molecule has 0 radical (unpaired) electrons. The second kappa shape index (κ2) is 42.5. The van der Waals surface area contributed by atoms with E-state index < -0.39 is 41.8 Å². The number of aryl methyl sites for hydroxylation is 1. The van der Waals surface area contributed by atoms with Gasteiger partial charge in [0.25, 0.3) is 17.4 Å². The van der Waals surface area contributed by atoms with Gasteiger partial charge < -0.3 is 83.5 Å². The van der Waals surface area contributed by atoms with Crippen molar-refractivity contribution in [2.75, 3.05) is 139 Å². The number of esters is 2. The molecule has 31 heteroatoms. The van der Waals surface area contributed by atoms with Gasteiger partial charge in [-0.15, -0.1) is 5.10 Å². The molecule has 0 bridgehead atoms. The summed E-state index contributed by atoms with van der Waals surface area (Å²) in [7, 11) is 0. The molecule has 3 aromatic heterocycles. The van der Waals surface area contributed by atoms with Crippen LogP contribution in [-0.4, -0.2) is 226 Å². The smallest absolute Gasteiger partial charge is 0.317 e. The number of unbranched alkanes of at least 4 members (excludes halogenated alkanes) is 1. The lowest BCUT2D eigenvalue weighted by Gasteiger charge is -2.35. The van der Waals surface area contributed by atoms with Crippen LogP contribution >= 0.6 is 0 Å². The summed E-state index contributed by atoms with van der Waals surface area (Å²) < 4.78 is 64.4. The van der Waals surface area contributed by atoms with Crippen molar-refractivity contribution in [1.29, 1.82) is 0 Å². The number of imide groups is 1. The minimum atomic E-state index is -1.50. The van der Waals surface area contributed by atoms with Crippen LogP contribution in [0.3, 0.4) is 0 Å². The maximum Gasteiger partial charge on any atom is 0.317 e. The van der Waals surface area contributed by atoms with Crippen LogP contribution in [-0.2, 0) is 142 Å². The highest BCUT2D eigenvalue weighted by Gasteiger charge is 2.49. The van der Waals surface area contributed by atoms with Crippen molar-refractivity contribution in [2.24, 2.45) is 17.6 Å². The number of benzene rings is 2. The number of nitrogens with two attached hydrogens (primary N) is 1. The molecule has 2 atom stereocenters. The Balaban J connectivity index is 0.528. The number of fused-ring (bicyclic) bond motifs is 5. The summed E-state index contributed by atoms with van der Waals surface area (Å²) in [5.74, 6) is -2.91. The van der Waals surface area contributed by atoms with Crippen molar-refractivity contribution >= 4 is 58.2 Å². The van der Waals surface area contributed by atoms with Gasteiger partial charge in [0.05, 0.1) is 166 Å². The Hall–Kier alpha value is -8.76. The standard InChI is InChI=1S/C75H100N10O21/c1-3-57-58-40-56(86)16-17-62(58)80-71-59(57)46-84-64(71)41-61-60(73(84)94)48-106-74(95)75(61,4-2)42-70(92)105-47-53-10-8-51(9-11-53)39-65(87)63(7-5-6-20-76)79-67(89)50-104-49-66(88)77-21-23-96-25-27-98-29-31-100-33-35-102-37-38-103-36-34-101-32-30-99-28-26-97-24-22-83-45-55(81-82-83)43-78-72(93)54-14-12-52(13-15-54)44-85-68(90)18-19-69(85)91/h8-11,16-19,40-41,45,52,54,63,86H,3-7,12-15,20-39,42-44,46-50,76H2,1-2H3,(H,77,88)(H,78,93)(H,79,89)/t52-,54-,63-,75-/m0/s1. The van der Waals surface area contributed by atoms with Crippen molar-refractivity contribution in [2.45, 2.75) is 129 Å². The molecule has 9 rings (SSSR count). The van der Waals surface area contributed by atoms with Gasteiger partial charge in [-0.2, -0.15) is 0 Å². The van der Waals surface area contributed by atoms with Crippen molar-refractivity contribution in [1.82, 2.24) is 45.4 Å². The van der Waals surface area contributed by atoms with E-state index in [0.717, 1.165) is 29.4 Å². The van der Waals surface area contributed by atoms with Gasteiger partial charge in [0.15, 0.2) is 5.78 Å². The predicted octanol–water partition coefficient (Wildman–Crippen LogP) is 3.16. The molecule has 6 N–H and O–H groups in total. The summed E-state index contributed by atoms with van der Waals surface area (Å²) in [6.07, 6.45) is 9.34. The Morgan fingerprint density at radius 1 is 0.708 bits per heavy atom. The molecular weight excluding hydrogens is 1380 g/mol. The number of nitrogens with one attached hydrogen (secondary N) is 3. The minimum Gasteiger partial charge on any atom is -0.508 e. The molecule has 0 saturated heterocycles. The van der Waals surface area contributed by atoms with Crippen LogP contribution in [0.25, 0.3) is 22.3 Å². The number of hydrogen-bond donors (Lipinski definition) is 5. The average molecular weight is 1480 g/mol. The highest BCUT2D eigenvalue weighted by atomic mass is 16.6. The molecule has 5 amide bonds. The number of pyridine rings is 2. The summed E-state index contributed by atoms with van der Waals surface area (Å²) in [5, 5.41) is 27.7. The van der Waals surface area contributed by atoms with E-state index in [-0.39, 0.29) is 112 Å². The summed E-state index contributed by atoms with van der Waals surface area (Å²) in [4.78, 5) is 123. The zero-order valence-electron chi connectivity index (χ0n) is 60.6. The highest BCUT2D eigenvalue weighted by Crippen LogP contribution is 2.44. The van der Waals surface area contributed by atoms with E-state index in [4.69, 9.17) is 62.8 Å². The molecule has 1 fully saturated rings. The molecule has 6 heterocycles. The lowest BCUT2D eigenvalue weighted by atomic mass is 9.72. The molecule has 4 aliphatic rings. The zero-order chi connectivity index (χ0) is 75.1. The summed E-state index contributed by atoms with van der Waals surface area (Å²) in [6, 6.07) is 12.8. The first-order valence-corrected chi connectivity index (χ1v) is 36.6. The Kier molecular flexibility index (Phi) is 32.6. The number of aromatic nitrogens is 5. The summed E-state index contributed by atoms with van der Waals surface area (Å²) in [6.45, 7) is 10.8. The van der Waals surface area contributed by atoms with Gasteiger partial charge in [0, 0.05) is 48.5 Å². The van der Waals surface area contributed by atoms with Crippen molar-refractivity contribution in [3.8, 4) is 17.1 Å². The van der Waals surface area contributed by atoms with Gasteiger partial charge in [-0.05, 0) is 117 Å². The number of amides is 5. The molecule has 576 valence electrons. The van der Waals surface area contributed by atoms with Gasteiger partial charge in [-0.3, -0.25) is 48.1 Å². The number of aromatic hydroxyl groups is 1. The number of carbonyl (C=O) groups excluding carboxylic acids is 8. The van der Waals surface area contributed by atoms with Crippen LogP contribution < -0.4 is 27.2 Å². The first-order chi connectivity index (χ1) is 51.6. The highest BCUT2D eigenvalue weighted by molar-refractivity contribution is 6.12. The van der Waals surface area contributed by atoms with Crippen molar-refractivity contribution in [3.05, 3.63) is 116 Å². The van der Waals surface area contributed by atoms with Crippen LogP contribution in [0, 0.1) is 11.8 Å². The fourth-order valence-corrected chi connectivity index (χ4v) is 13.2. The Bertz CT molecular complexity index is 3840. The molecule has 3 aliphatic heterocycles. The van der Waals surface area contributed by atoms with Crippen LogP contribution in [0.1, 0.15) is 111 Å². The van der Waals surface area contributed by atoms with Crippen LogP contribution in [0.15, 0.2) is 71.7 Å². The zero-order valence-corrected chi connectivity index (χ0v) is 60.6. The number of carbonyl (C=O) groups is 8. The van der Waals surface area contributed by atoms with Crippen molar-refractivity contribution < 1.29 is 95.6 Å². The number of phenolic OH excluding ortho intramolecular Hbond substituents is 1. The molecule has 5 aromatic rings. The Morgan fingerprint density at radius 3 is 1.94 bits per heavy atom. The number of Topliss-reactive ketones (excluding diaryl/α,β-unsaturated/α-hetero) is 1. The van der Waals surface area contributed by atoms with E-state index in [1.54, 1.807) is 70.9 Å². The van der Waals surface area contributed by atoms with Crippen LogP contribution in [0.4, 0.5) is 0 Å². The van der Waals surface area contributed by atoms with Gasteiger partial charge in [-0.25, -0.2) is 9.67 Å². The lowest BCUT2D eigenvalue weighted by molar-refractivity contribution is -0.161. The van der Waals surface area contributed by atoms with E-state index in [1.165, 1.54) is 17.1 Å². The fourth-order valence-electron chi connectivity index (χ4n) is 13.2. The number of ketones is 1. The monoisotopic (exact) mass is 1480 g/mol. The van der Waals surface area contributed by atoms with Gasteiger partial charge in [-0.1, -0.05) is 43.3 Å². The number of cyclic esters (lactones) is 1. The van der Waals surface area contributed by atoms with Gasteiger partial charge in [0.2, 0.25) is 17.7 Å². The SMILES string of the molecule is CCc1c2c(nc3ccc(O)cc13)-c1cc3c(c(=O)n1C2)COC(=O)[C@@]3(CC)CC(=O)OCc1ccc(CC(=O)[C@H](CCCCN)NC(=O)COCC(=O)NCCOCCOCCOCCOCCOCCOCCOCCOCCn2cc(CNC(=O)[C@H]3CC[C@H](CN4C(=O)C=CC4=O)CC3)nn2)cc1. The predicted molar refractivity (Wildman–Crippen MR) is 381 cm³/mol. The molecule has 0 unspecified atom stereocenters. The third kappa shape index (κ3) is 23.9. The number of phenols is 1. The average Bonchev–Trinajstić information content (AvgIpc) is 1.49. The van der Waals surface area contributed by atoms with E-state index in [9.17, 15) is 48.3 Å². The van der Waals surface area contributed by atoms with E-state index in [2.05, 4.69) is 26.3 Å². The fraction of sp³-hybridized carbons (Fsp3) is 0.573. The lowest BCUT2D eigenvalue weighted by Crippen LogP contribution is -2.46. The molecule has 2 aromatic carbocycles. The Morgan fingerprint density at radius 2 is 1.32 bits per heavy atom. The topological polar surface area (TPSA) is 389 Å². The minimum absolute atomic E-state index is 0.00802. The molecule has 1 aliphatic carbocycles.